The minimum Gasteiger partial charge on any atom is -0.378 e. The molecule has 1 aliphatic rings. The molecular weight excluding hydrogens is 204 g/mol. The van der Waals surface area contributed by atoms with Gasteiger partial charge >= 0.3 is 0 Å². The van der Waals surface area contributed by atoms with Gasteiger partial charge in [-0.1, -0.05) is 6.92 Å². The fourth-order valence-electron chi connectivity index (χ4n) is 1.81. The molecule has 1 saturated heterocycles. The van der Waals surface area contributed by atoms with Gasteiger partial charge < -0.3 is 4.74 Å². The Labute approximate surface area is 90.6 Å². The molecule has 0 N–H and O–H groups in total. The minimum absolute atomic E-state index is 0.268. The van der Waals surface area contributed by atoms with E-state index in [1.54, 1.807) is 0 Å². The van der Waals surface area contributed by atoms with Crippen LogP contribution in [0, 0.1) is 5.41 Å². The van der Waals surface area contributed by atoms with E-state index in [1.165, 1.54) is 17.9 Å². The van der Waals surface area contributed by atoms with E-state index in [0.29, 0.717) is 6.10 Å². The summed E-state index contributed by atoms with van der Waals surface area (Å²) in [6.07, 6.45) is 2.69. The maximum atomic E-state index is 6.05. The van der Waals surface area contributed by atoms with E-state index in [0.717, 1.165) is 18.9 Å². The Hall–Kier alpha value is 0.600. The first-order valence-corrected chi connectivity index (χ1v) is 6.69. The first kappa shape index (κ1) is 11.7. The van der Waals surface area contributed by atoms with Crippen LogP contribution >= 0.6 is 23.4 Å². The second-order valence-electron chi connectivity index (χ2n) is 3.71. The monoisotopic (exact) mass is 222 g/mol. The molecule has 0 aliphatic carbocycles. The maximum Gasteiger partial charge on any atom is 0.0615 e. The summed E-state index contributed by atoms with van der Waals surface area (Å²) < 4.78 is 5.60. The quantitative estimate of drug-likeness (QED) is 0.522. The van der Waals surface area contributed by atoms with Gasteiger partial charge in [0, 0.05) is 17.9 Å². The van der Waals surface area contributed by atoms with Crippen molar-refractivity contribution in [3.63, 3.8) is 0 Å². The smallest absolute Gasteiger partial charge is 0.0615 e. The standard InChI is InChI=1S/C10H19ClOS/c1-3-13-7-5-10(8-11)4-6-12-9(10)2/h9H,3-8H2,1-2H3. The van der Waals surface area contributed by atoms with Gasteiger partial charge in [0.2, 0.25) is 0 Å². The van der Waals surface area contributed by atoms with Crippen molar-refractivity contribution < 1.29 is 4.74 Å². The second kappa shape index (κ2) is 5.47. The number of rotatable bonds is 5. The Morgan fingerprint density at radius 2 is 2.38 bits per heavy atom. The normalized spacial score (nSPS) is 33.9. The van der Waals surface area contributed by atoms with Crippen molar-refractivity contribution in [2.24, 2.45) is 5.41 Å². The number of ether oxygens (including phenoxy) is 1. The van der Waals surface area contributed by atoms with Crippen LogP contribution in [0.4, 0.5) is 0 Å². The zero-order valence-electron chi connectivity index (χ0n) is 8.51. The van der Waals surface area contributed by atoms with E-state index < -0.39 is 0 Å². The van der Waals surface area contributed by atoms with Crippen molar-refractivity contribution in [2.75, 3.05) is 24.0 Å². The Morgan fingerprint density at radius 3 is 2.85 bits per heavy atom. The lowest BCUT2D eigenvalue weighted by atomic mass is 9.81. The Kier molecular flexibility index (Phi) is 4.91. The van der Waals surface area contributed by atoms with Crippen molar-refractivity contribution in [3.05, 3.63) is 0 Å². The highest BCUT2D eigenvalue weighted by atomic mass is 35.5. The highest BCUT2D eigenvalue weighted by Crippen LogP contribution is 2.40. The first-order chi connectivity index (χ1) is 6.25. The maximum absolute atomic E-state index is 6.05. The van der Waals surface area contributed by atoms with Gasteiger partial charge in [0.05, 0.1) is 6.10 Å². The Morgan fingerprint density at radius 1 is 1.62 bits per heavy atom. The van der Waals surface area contributed by atoms with E-state index in [9.17, 15) is 0 Å². The molecule has 78 valence electrons. The molecule has 0 bridgehead atoms. The van der Waals surface area contributed by atoms with E-state index >= 15 is 0 Å². The van der Waals surface area contributed by atoms with Gasteiger partial charge in [0.1, 0.15) is 0 Å². The molecule has 2 atom stereocenters. The molecule has 1 nitrogen and oxygen atoms in total. The lowest BCUT2D eigenvalue weighted by Gasteiger charge is -2.29. The first-order valence-electron chi connectivity index (χ1n) is 5.00. The van der Waals surface area contributed by atoms with Gasteiger partial charge in [-0.15, -0.1) is 11.6 Å². The average molecular weight is 223 g/mol. The van der Waals surface area contributed by atoms with Crippen LogP contribution in [0.25, 0.3) is 0 Å². The summed E-state index contributed by atoms with van der Waals surface area (Å²) >= 11 is 8.05. The predicted octanol–water partition coefficient (Wildman–Crippen LogP) is 3.16. The average Bonchev–Trinajstić information content (AvgIpc) is 2.49. The number of thioether (sulfide) groups is 1. The summed E-state index contributed by atoms with van der Waals surface area (Å²) in [7, 11) is 0. The topological polar surface area (TPSA) is 9.23 Å². The molecule has 1 heterocycles. The van der Waals surface area contributed by atoms with Crippen molar-refractivity contribution in [1.29, 1.82) is 0 Å². The van der Waals surface area contributed by atoms with Gasteiger partial charge in [0.25, 0.3) is 0 Å². The van der Waals surface area contributed by atoms with Crippen molar-refractivity contribution >= 4 is 23.4 Å². The lowest BCUT2D eigenvalue weighted by molar-refractivity contribution is 0.0723. The number of hydrogen-bond donors (Lipinski definition) is 0. The SMILES string of the molecule is CCSCCC1(CCl)CCOC1C. The van der Waals surface area contributed by atoms with Crippen LogP contribution in [0.1, 0.15) is 26.7 Å². The minimum atomic E-state index is 0.268. The summed E-state index contributed by atoms with van der Waals surface area (Å²) in [5, 5.41) is 0. The molecule has 0 radical (unpaired) electrons. The fraction of sp³-hybridized carbons (Fsp3) is 1.00. The molecule has 1 rings (SSSR count). The van der Waals surface area contributed by atoms with Crippen LogP contribution in [-0.4, -0.2) is 30.1 Å². The van der Waals surface area contributed by atoms with E-state index in [-0.39, 0.29) is 5.41 Å². The van der Waals surface area contributed by atoms with Crippen molar-refractivity contribution in [2.45, 2.75) is 32.8 Å². The van der Waals surface area contributed by atoms with Gasteiger partial charge in [-0.2, -0.15) is 11.8 Å². The number of halogens is 1. The van der Waals surface area contributed by atoms with Crippen LogP contribution in [0.5, 0.6) is 0 Å². The zero-order chi connectivity index (χ0) is 9.73. The molecule has 13 heavy (non-hydrogen) atoms. The van der Waals surface area contributed by atoms with Crippen LogP contribution in [0.2, 0.25) is 0 Å². The van der Waals surface area contributed by atoms with Crippen LogP contribution in [0.15, 0.2) is 0 Å². The number of hydrogen-bond acceptors (Lipinski definition) is 2. The molecule has 1 aliphatic heterocycles. The van der Waals surface area contributed by atoms with Crippen LogP contribution in [0.3, 0.4) is 0 Å². The molecule has 0 aromatic rings. The highest BCUT2D eigenvalue weighted by Gasteiger charge is 2.40. The lowest BCUT2D eigenvalue weighted by Crippen LogP contribution is -2.31. The summed E-state index contributed by atoms with van der Waals surface area (Å²) in [5.74, 6) is 3.17. The molecule has 1 fully saturated rings. The third kappa shape index (κ3) is 2.77. The van der Waals surface area contributed by atoms with E-state index in [4.69, 9.17) is 16.3 Å². The summed E-state index contributed by atoms with van der Waals surface area (Å²) in [4.78, 5) is 0. The highest BCUT2D eigenvalue weighted by molar-refractivity contribution is 7.99. The van der Waals surface area contributed by atoms with Crippen molar-refractivity contribution in [3.8, 4) is 0 Å². The molecule has 0 amide bonds. The van der Waals surface area contributed by atoms with Gasteiger partial charge in [-0.3, -0.25) is 0 Å². The molecular formula is C10H19ClOS. The largest absolute Gasteiger partial charge is 0.378 e. The fourth-order valence-corrected chi connectivity index (χ4v) is 3.13. The molecule has 0 aromatic heterocycles. The number of alkyl halides is 1. The van der Waals surface area contributed by atoms with Crippen molar-refractivity contribution in [1.82, 2.24) is 0 Å². The zero-order valence-corrected chi connectivity index (χ0v) is 10.1. The Balaban J connectivity index is 2.39. The van der Waals surface area contributed by atoms with Crippen LogP contribution in [-0.2, 0) is 4.74 Å². The van der Waals surface area contributed by atoms with Crippen LogP contribution < -0.4 is 0 Å². The summed E-state index contributed by atoms with van der Waals surface area (Å²) in [5.41, 5.74) is 0.268. The molecule has 2 unspecified atom stereocenters. The molecule has 0 spiro atoms. The predicted molar refractivity (Wildman–Crippen MR) is 60.8 cm³/mol. The van der Waals surface area contributed by atoms with Gasteiger partial charge in [-0.05, 0) is 31.3 Å². The third-order valence-corrected chi connectivity index (χ3v) is 4.48. The van der Waals surface area contributed by atoms with Gasteiger partial charge in [0.15, 0.2) is 0 Å². The summed E-state index contributed by atoms with van der Waals surface area (Å²) in [6, 6.07) is 0. The molecule has 0 saturated carbocycles. The van der Waals surface area contributed by atoms with E-state index in [1.807, 2.05) is 11.8 Å². The molecule has 3 heteroatoms. The van der Waals surface area contributed by atoms with Gasteiger partial charge in [-0.25, -0.2) is 0 Å². The summed E-state index contributed by atoms with van der Waals surface area (Å²) in [6.45, 7) is 5.25. The molecule has 0 aromatic carbocycles. The third-order valence-electron chi connectivity index (χ3n) is 3.04. The van der Waals surface area contributed by atoms with E-state index in [2.05, 4.69) is 13.8 Å². The Bertz CT molecular complexity index is 154. The second-order valence-corrected chi connectivity index (χ2v) is 5.37.